The van der Waals surface area contributed by atoms with E-state index in [2.05, 4.69) is 20.7 Å². The van der Waals surface area contributed by atoms with Crippen LogP contribution in [0.15, 0.2) is 30.5 Å². The van der Waals surface area contributed by atoms with Gasteiger partial charge in [-0.1, -0.05) is 0 Å². The van der Waals surface area contributed by atoms with Crippen LogP contribution in [0.25, 0.3) is 0 Å². The van der Waals surface area contributed by atoms with Gasteiger partial charge in [-0.15, -0.1) is 0 Å². The number of benzene rings is 1. The Kier molecular flexibility index (Phi) is 3.63. The van der Waals surface area contributed by atoms with E-state index in [1.165, 1.54) is 6.20 Å². The van der Waals surface area contributed by atoms with Gasteiger partial charge in [0.2, 0.25) is 0 Å². The second-order valence-electron chi connectivity index (χ2n) is 4.89. The Morgan fingerprint density at radius 3 is 2.48 bits per heavy atom. The number of rotatable bonds is 3. The van der Waals surface area contributed by atoms with Crippen LogP contribution >= 0.6 is 0 Å². The molecular formula is C14H15N5O2. The fourth-order valence-corrected chi connectivity index (χ4v) is 2.31. The maximum absolute atomic E-state index is 12.2. The summed E-state index contributed by atoms with van der Waals surface area (Å²) in [6.07, 6.45) is 3.48. The monoisotopic (exact) mass is 285 g/mol. The van der Waals surface area contributed by atoms with E-state index >= 15 is 0 Å². The van der Waals surface area contributed by atoms with Crippen LogP contribution in [0.4, 0.5) is 5.69 Å². The van der Waals surface area contributed by atoms with Gasteiger partial charge in [0.05, 0.1) is 6.20 Å². The molecule has 0 spiro atoms. The molecule has 1 aliphatic rings. The highest BCUT2D eigenvalue weighted by atomic mass is 16.2. The molecule has 7 heteroatoms. The van der Waals surface area contributed by atoms with E-state index in [-0.39, 0.29) is 17.5 Å². The summed E-state index contributed by atoms with van der Waals surface area (Å²) in [4.78, 5) is 25.8. The molecule has 1 saturated heterocycles. The van der Waals surface area contributed by atoms with E-state index in [0.29, 0.717) is 11.3 Å². The number of likely N-dealkylation sites (tertiary alicyclic amines) is 1. The number of amides is 2. The number of nitrogens with one attached hydrogen (secondary N) is 2. The smallest absolute Gasteiger partial charge is 0.277 e. The summed E-state index contributed by atoms with van der Waals surface area (Å²) < 4.78 is 0. The normalized spacial score (nSPS) is 14.2. The van der Waals surface area contributed by atoms with E-state index in [1.54, 1.807) is 24.3 Å². The summed E-state index contributed by atoms with van der Waals surface area (Å²) in [7, 11) is 0. The number of anilines is 1. The number of aromatic nitrogens is 3. The lowest BCUT2D eigenvalue weighted by Crippen LogP contribution is -2.27. The minimum Gasteiger partial charge on any atom is -0.339 e. The SMILES string of the molecule is O=C(Nc1ccc(C(=O)N2CCCC2)cc1)c1cn[nH]n1. The molecule has 2 heterocycles. The van der Waals surface area contributed by atoms with Crippen LogP contribution in [-0.4, -0.2) is 45.2 Å². The number of carbonyl (C=O) groups excluding carboxylic acids is 2. The zero-order chi connectivity index (χ0) is 14.7. The number of H-pyrrole nitrogens is 1. The van der Waals surface area contributed by atoms with E-state index in [0.717, 1.165) is 25.9 Å². The van der Waals surface area contributed by atoms with E-state index < -0.39 is 0 Å². The molecule has 0 aliphatic carbocycles. The number of aromatic amines is 1. The average Bonchev–Trinajstić information content (AvgIpc) is 3.20. The minimum atomic E-state index is -0.345. The van der Waals surface area contributed by atoms with Gasteiger partial charge < -0.3 is 10.2 Å². The summed E-state index contributed by atoms with van der Waals surface area (Å²) in [5, 5.41) is 12.4. The summed E-state index contributed by atoms with van der Waals surface area (Å²) in [5.41, 5.74) is 1.46. The third-order valence-corrected chi connectivity index (χ3v) is 3.43. The summed E-state index contributed by atoms with van der Waals surface area (Å²) in [5.74, 6) is -0.302. The van der Waals surface area contributed by atoms with Crippen molar-refractivity contribution in [3.8, 4) is 0 Å². The first-order chi connectivity index (χ1) is 10.2. The second-order valence-corrected chi connectivity index (χ2v) is 4.89. The molecule has 108 valence electrons. The molecule has 21 heavy (non-hydrogen) atoms. The van der Waals surface area contributed by atoms with E-state index in [9.17, 15) is 9.59 Å². The molecule has 1 aromatic heterocycles. The van der Waals surface area contributed by atoms with Crippen LogP contribution in [-0.2, 0) is 0 Å². The van der Waals surface area contributed by atoms with Crippen LogP contribution < -0.4 is 5.32 Å². The van der Waals surface area contributed by atoms with Crippen molar-refractivity contribution in [2.45, 2.75) is 12.8 Å². The molecule has 2 N–H and O–H groups in total. The Labute approximate surface area is 121 Å². The third-order valence-electron chi connectivity index (χ3n) is 3.43. The van der Waals surface area contributed by atoms with Gasteiger partial charge in [-0.05, 0) is 37.1 Å². The van der Waals surface area contributed by atoms with Crippen molar-refractivity contribution in [2.24, 2.45) is 0 Å². The van der Waals surface area contributed by atoms with Crippen molar-refractivity contribution >= 4 is 17.5 Å². The Morgan fingerprint density at radius 1 is 1.14 bits per heavy atom. The van der Waals surface area contributed by atoms with Gasteiger partial charge in [-0.25, -0.2) is 0 Å². The molecule has 0 unspecified atom stereocenters. The second kappa shape index (κ2) is 5.74. The van der Waals surface area contributed by atoms with Gasteiger partial charge in [0.25, 0.3) is 11.8 Å². The Hall–Kier alpha value is -2.70. The van der Waals surface area contributed by atoms with Gasteiger partial charge in [0.15, 0.2) is 5.69 Å². The summed E-state index contributed by atoms with van der Waals surface area (Å²) >= 11 is 0. The van der Waals surface area contributed by atoms with Crippen molar-refractivity contribution in [2.75, 3.05) is 18.4 Å². The average molecular weight is 285 g/mol. The highest BCUT2D eigenvalue weighted by Gasteiger charge is 2.19. The zero-order valence-corrected chi connectivity index (χ0v) is 11.4. The Balaban J connectivity index is 1.66. The van der Waals surface area contributed by atoms with Gasteiger partial charge in [0.1, 0.15) is 0 Å². The highest BCUT2D eigenvalue weighted by Crippen LogP contribution is 2.15. The molecule has 0 saturated carbocycles. The zero-order valence-electron chi connectivity index (χ0n) is 11.4. The lowest BCUT2D eigenvalue weighted by atomic mass is 10.2. The van der Waals surface area contributed by atoms with Crippen LogP contribution in [0, 0.1) is 0 Å². The molecule has 2 amide bonds. The fourth-order valence-electron chi connectivity index (χ4n) is 2.31. The van der Waals surface area contributed by atoms with E-state index in [4.69, 9.17) is 0 Å². The number of hydrogen-bond acceptors (Lipinski definition) is 4. The first kappa shape index (κ1) is 13.3. The fraction of sp³-hybridized carbons (Fsp3) is 0.286. The first-order valence-electron chi connectivity index (χ1n) is 6.80. The molecule has 0 bridgehead atoms. The molecule has 1 fully saturated rings. The minimum absolute atomic E-state index is 0.0434. The molecule has 0 atom stereocenters. The highest BCUT2D eigenvalue weighted by molar-refractivity contribution is 6.03. The van der Waals surface area contributed by atoms with Crippen molar-refractivity contribution in [1.29, 1.82) is 0 Å². The van der Waals surface area contributed by atoms with Crippen LogP contribution in [0.5, 0.6) is 0 Å². The Morgan fingerprint density at radius 2 is 1.86 bits per heavy atom. The lowest BCUT2D eigenvalue weighted by molar-refractivity contribution is 0.0792. The van der Waals surface area contributed by atoms with Crippen LogP contribution in [0.2, 0.25) is 0 Å². The summed E-state index contributed by atoms with van der Waals surface area (Å²) in [6.45, 7) is 1.65. The maximum Gasteiger partial charge on any atom is 0.277 e. The predicted molar refractivity (Wildman–Crippen MR) is 75.9 cm³/mol. The van der Waals surface area contributed by atoms with Gasteiger partial charge in [-0.3, -0.25) is 9.59 Å². The molecule has 3 rings (SSSR count). The lowest BCUT2D eigenvalue weighted by Gasteiger charge is -2.15. The van der Waals surface area contributed by atoms with Crippen LogP contribution in [0.3, 0.4) is 0 Å². The molecule has 2 aromatic rings. The van der Waals surface area contributed by atoms with Crippen molar-refractivity contribution in [1.82, 2.24) is 20.3 Å². The summed E-state index contributed by atoms with van der Waals surface area (Å²) in [6, 6.07) is 6.86. The standard InChI is InChI=1S/C14H15N5O2/c20-13(12-9-15-18-17-12)16-11-5-3-10(4-6-11)14(21)19-7-1-2-8-19/h3-6,9H,1-2,7-8H2,(H,16,20)(H,15,17,18). The molecular weight excluding hydrogens is 270 g/mol. The van der Waals surface area contributed by atoms with Crippen LogP contribution in [0.1, 0.15) is 33.7 Å². The molecule has 0 radical (unpaired) electrons. The quantitative estimate of drug-likeness (QED) is 0.889. The molecule has 1 aromatic carbocycles. The number of carbonyl (C=O) groups is 2. The molecule has 1 aliphatic heterocycles. The number of hydrogen-bond donors (Lipinski definition) is 2. The topological polar surface area (TPSA) is 91.0 Å². The first-order valence-corrected chi connectivity index (χ1v) is 6.80. The Bertz CT molecular complexity index is 630. The van der Waals surface area contributed by atoms with Gasteiger partial charge in [-0.2, -0.15) is 15.4 Å². The van der Waals surface area contributed by atoms with Crippen molar-refractivity contribution in [3.05, 3.63) is 41.7 Å². The van der Waals surface area contributed by atoms with Crippen molar-refractivity contribution in [3.63, 3.8) is 0 Å². The van der Waals surface area contributed by atoms with E-state index in [1.807, 2.05) is 4.90 Å². The van der Waals surface area contributed by atoms with Gasteiger partial charge >= 0.3 is 0 Å². The van der Waals surface area contributed by atoms with Gasteiger partial charge in [0, 0.05) is 24.3 Å². The van der Waals surface area contributed by atoms with Crippen molar-refractivity contribution < 1.29 is 9.59 Å². The predicted octanol–water partition coefficient (Wildman–Crippen LogP) is 1.29. The third kappa shape index (κ3) is 2.91. The largest absolute Gasteiger partial charge is 0.339 e. The number of nitrogens with zero attached hydrogens (tertiary/aromatic N) is 3. The molecule has 7 nitrogen and oxygen atoms in total. The maximum atomic E-state index is 12.2.